The van der Waals surface area contributed by atoms with E-state index in [9.17, 15) is 18.0 Å². The number of hydrogen-bond donors (Lipinski definition) is 1. The summed E-state index contributed by atoms with van der Waals surface area (Å²) in [5, 5.41) is 3.20. The van der Waals surface area contributed by atoms with Crippen LogP contribution < -0.4 is 14.4 Å². The molecule has 0 radical (unpaired) electrons. The maximum Gasteiger partial charge on any atom is 0.264 e. The number of ether oxygens (including phenoxy) is 1. The molecule has 1 aliphatic carbocycles. The first kappa shape index (κ1) is 33.5. The Labute approximate surface area is 285 Å². The molecule has 1 N–H and O–H groups in total. The number of nitrogens with zero attached hydrogens (tertiary/aromatic N) is 2. The molecule has 4 aromatic carbocycles. The quantitative estimate of drug-likeness (QED) is 0.165. The van der Waals surface area contributed by atoms with Gasteiger partial charge in [-0.2, -0.15) is 0 Å². The highest BCUT2D eigenvalue weighted by Gasteiger charge is 2.35. The predicted molar refractivity (Wildman–Crippen MR) is 188 cm³/mol. The molecule has 240 valence electrons. The van der Waals surface area contributed by atoms with Crippen molar-refractivity contribution in [1.82, 2.24) is 10.2 Å². The molecule has 8 nitrogen and oxygen atoms in total. The molecule has 0 saturated heterocycles. The van der Waals surface area contributed by atoms with Crippen LogP contribution in [0.4, 0.5) is 5.69 Å². The molecule has 0 aliphatic heterocycles. The van der Waals surface area contributed by atoms with E-state index in [-0.39, 0.29) is 29.8 Å². The van der Waals surface area contributed by atoms with Gasteiger partial charge in [0.1, 0.15) is 18.3 Å². The molecule has 10 heteroatoms. The first-order chi connectivity index (χ1) is 22.2. The van der Waals surface area contributed by atoms with E-state index in [0.29, 0.717) is 11.4 Å². The van der Waals surface area contributed by atoms with Crippen LogP contribution in [0.1, 0.15) is 36.8 Å². The Hall–Kier alpha value is -3.90. The van der Waals surface area contributed by atoms with Crippen LogP contribution in [0, 0.1) is 3.57 Å². The van der Waals surface area contributed by atoms with E-state index >= 15 is 0 Å². The summed E-state index contributed by atoms with van der Waals surface area (Å²) < 4.78 is 35.7. The molecular formula is C36H38IN3O5S. The number of nitrogens with one attached hydrogen (secondary N) is 1. The van der Waals surface area contributed by atoms with Crippen molar-refractivity contribution in [2.24, 2.45) is 0 Å². The Balaban J connectivity index is 1.56. The number of hydrogen-bond acceptors (Lipinski definition) is 5. The SMILES string of the molecule is COc1cccc(CN(C(=O)CN(c2ccc(I)cc2)S(=O)(=O)c2ccccc2)[C@H](Cc2ccccc2)C(=O)NC2CCCC2)c1. The molecule has 0 spiro atoms. The fourth-order valence-corrected chi connectivity index (χ4v) is 7.54. The molecule has 4 aromatic rings. The van der Waals surface area contributed by atoms with Crippen LogP contribution in [-0.2, 0) is 32.6 Å². The summed E-state index contributed by atoms with van der Waals surface area (Å²) >= 11 is 2.16. The Morgan fingerprint density at radius 3 is 2.15 bits per heavy atom. The largest absolute Gasteiger partial charge is 0.497 e. The average Bonchev–Trinajstić information content (AvgIpc) is 3.59. The summed E-state index contributed by atoms with van der Waals surface area (Å²) in [5.41, 5.74) is 2.00. The number of rotatable bonds is 13. The summed E-state index contributed by atoms with van der Waals surface area (Å²) in [6, 6.07) is 31.1. The van der Waals surface area contributed by atoms with Crippen LogP contribution in [0.25, 0.3) is 0 Å². The maximum atomic E-state index is 14.6. The minimum atomic E-state index is -4.14. The Morgan fingerprint density at radius 1 is 0.870 bits per heavy atom. The van der Waals surface area contributed by atoms with Crippen LogP contribution in [0.15, 0.2) is 114 Å². The minimum absolute atomic E-state index is 0.0429. The van der Waals surface area contributed by atoms with Crippen LogP contribution in [-0.4, -0.2) is 50.9 Å². The first-order valence-electron chi connectivity index (χ1n) is 15.3. The van der Waals surface area contributed by atoms with Crippen molar-refractivity contribution in [2.45, 2.75) is 55.6 Å². The summed E-state index contributed by atoms with van der Waals surface area (Å²) in [6.45, 7) is -0.415. The van der Waals surface area contributed by atoms with Gasteiger partial charge in [0.25, 0.3) is 10.0 Å². The smallest absolute Gasteiger partial charge is 0.264 e. The number of methoxy groups -OCH3 is 1. The molecular weight excluding hydrogens is 713 g/mol. The van der Waals surface area contributed by atoms with Gasteiger partial charge in [0.05, 0.1) is 17.7 Å². The van der Waals surface area contributed by atoms with E-state index in [1.807, 2.05) is 54.6 Å². The van der Waals surface area contributed by atoms with Crippen LogP contribution in [0.2, 0.25) is 0 Å². The van der Waals surface area contributed by atoms with E-state index in [1.165, 1.54) is 17.0 Å². The minimum Gasteiger partial charge on any atom is -0.497 e. The van der Waals surface area contributed by atoms with Crippen molar-refractivity contribution in [1.29, 1.82) is 0 Å². The van der Waals surface area contributed by atoms with Gasteiger partial charge in [0.2, 0.25) is 11.8 Å². The second kappa shape index (κ2) is 15.6. The Morgan fingerprint density at radius 2 is 1.50 bits per heavy atom. The molecule has 1 aliphatic rings. The highest BCUT2D eigenvalue weighted by atomic mass is 127. The van der Waals surface area contributed by atoms with Crippen molar-refractivity contribution < 1.29 is 22.7 Å². The van der Waals surface area contributed by atoms with Gasteiger partial charge in [0.15, 0.2) is 0 Å². The van der Waals surface area contributed by atoms with Crippen LogP contribution in [0.3, 0.4) is 0 Å². The zero-order valence-corrected chi connectivity index (χ0v) is 28.7. The fraction of sp³-hybridized carbons (Fsp3) is 0.278. The average molecular weight is 752 g/mol. The highest BCUT2D eigenvalue weighted by molar-refractivity contribution is 14.1. The molecule has 0 aromatic heterocycles. The summed E-state index contributed by atoms with van der Waals surface area (Å²) in [4.78, 5) is 30.3. The number of sulfonamides is 1. The van der Waals surface area contributed by atoms with Crippen LogP contribution in [0.5, 0.6) is 5.75 Å². The van der Waals surface area contributed by atoms with Gasteiger partial charge in [-0.15, -0.1) is 0 Å². The maximum absolute atomic E-state index is 14.6. The van der Waals surface area contributed by atoms with E-state index < -0.39 is 28.5 Å². The molecule has 1 fully saturated rings. The van der Waals surface area contributed by atoms with E-state index in [1.54, 1.807) is 49.6 Å². The van der Waals surface area contributed by atoms with Crippen molar-refractivity contribution in [3.63, 3.8) is 0 Å². The molecule has 5 rings (SSSR count). The van der Waals surface area contributed by atoms with Gasteiger partial charge in [-0.1, -0.05) is 73.5 Å². The zero-order chi connectivity index (χ0) is 32.5. The first-order valence-corrected chi connectivity index (χ1v) is 17.9. The summed E-state index contributed by atoms with van der Waals surface area (Å²) in [5.74, 6) is -0.130. The molecule has 2 amide bonds. The number of benzene rings is 4. The highest BCUT2D eigenvalue weighted by Crippen LogP contribution is 2.27. The summed E-state index contributed by atoms with van der Waals surface area (Å²) in [7, 11) is -2.57. The standard InChI is InChI=1S/C36H38IN3O5S/c1-45-32-16-10-13-28(23-32)25-39(34(24-27-11-4-2-5-12-27)36(42)38-30-14-8-9-15-30)35(41)26-40(31-21-19-29(37)20-22-31)46(43,44)33-17-6-3-7-18-33/h2-7,10-13,16-23,30,34H,8-9,14-15,24-26H2,1H3,(H,38,42)/t34-/m1/s1. The van der Waals surface area contributed by atoms with Crippen molar-refractivity contribution in [3.05, 3.63) is 124 Å². The number of anilines is 1. The zero-order valence-electron chi connectivity index (χ0n) is 25.7. The summed E-state index contributed by atoms with van der Waals surface area (Å²) in [6.07, 6.45) is 4.14. The number of carbonyl (C=O) groups is 2. The Bertz CT molecular complexity index is 1710. The second-order valence-electron chi connectivity index (χ2n) is 11.4. The molecule has 46 heavy (non-hydrogen) atoms. The second-order valence-corrected chi connectivity index (χ2v) is 14.5. The molecule has 1 saturated carbocycles. The predicted octanol–water partition coefficient (Wildman–Crippen LogP) is 6.19. The molecule has 0 heterocycles. The molecule has 0 unspecified atom stereocenters. The van der Waals surface area contributed by atoms with Gasteiger partial charge >= 0.3 is 0 Å². The fourth-order valence-electron chi connectivity index (χ4n) is 5.74. The number of amides is 2. The van der Waals surface area contributed by atoms with Gasteiger partial charge in [-0.25, -0.2) is 8.42 Å². The lowest BCUT2D eigenvalue weighted by molar-refractivity contribution is -0.140. The molecule has 0 bridgehead atoms. The van der Waals surface area contributed by atoms with Crippen molar-refractivity contribution in [3.8, 4) is 5.75 Å². The van der Waals surface area contributed by atoms with E-state index in [0.717, 1.165) is 44.7 Å². The third-order valence-corrected chi connectivity index (χ3v) is 10.7. The Kier molecular flexibility index (Phi) is 11.3. The van der Waals surface area contributed by atoms with Gasteiger partial charge in [-0.05, 0) is 95.1 Å². The van der Waals surface area contributed by atoms with Gasteiger partial charge < -0.3 is 15.0 Å². The van der Waals surface area contributed by atoms with Crippen molar-refractivity contribution in [2.75, 3.05) is 18.0 Å². The van der Waals surface area contributed by atoms with Gasteiger partial charge in [-0.3, -0.25) is 13.9 Å². The van der Waals surface area contributed by atoms with Crippen molar-refractivity contribution >= 4 is 50.1 Å². The van der Waals surface area contributed by atoms with E-state index in [2.05, 4.69) is 27.9 Å². The third-order valence-electron chi connectivity index (χ3n) is 8.18. The number of carbonyl (C=O) groups excluding carboxylic acids is 2. The topological polar surface area (TPSA) is 96.0 Å². The van der Waals surface area contributed by atoms with E-state index in [4.69, 9.17) is 4.74 Å². The van der Waals surface area contributed by atoms with Crippen LogP contribution >= 0.6 is 22.6 Å². The lowest BCUT2D eigenvalue weighted by Gasteiger charge is -2.34. The lowest BCUT2D eigenvalue weighted by atomic mass is 10.0. The number of halogens is 1. The normalized spacial score (nSPS) is 14.0. The monoisotopic (exact) mass is 751 g/mol. The molecule has 1 atom stereocenters. The third kappa shape index (κ3) is 8.47. The van der Waals surface area contributed by atoms with Gasteiger partial charge in [0, 0.05) is 22.6 Å². The lowest BCUT2D eigenvalue weighted by Crippen LogP contribution is -2.54.